The van der Waals surface area contributed by atoms with E-state index in [2.05, 4.69) is 4.90 Å². The van der Waals surface area contributed by atoms with Crippen molar-refractivity contribution in [2.45, 2.75) is 44.9 Å². The summed E-state index contributed by atoms with van der Waals surface area (Å²) in [5.41, 5.74) is 5.47. The SMILES string of the molecule is Cl.Cl.NCCCCCCC(=O)N1CCN(CC(=O)N2CCCC2)CC1. The molecule has 0 aromatic carbocycles. The van der Waals surface area contributed by atoms with Gasteiger partial charge in [-0.1, -0.05) is 12.8 Å². The molecule has 6 nitrogen and oxygen atoms in total. The molecule has 2 amide bonds. The van der Waals surface area contributed by atoms with E-state index < -0.39 is 0 Å². The predicted octanol–water partition coefficient (Wildman–Crippen LogP) is 1.51. The van der Waals surface area contributed by atoms with Crippen LogP contribution in [0, 0.1) is 0 Å². The highest BCUT2D eigenvalue weighted by Crippen LogP contribution is 2.11. The number of amides is 2. The molecular formula is C17H34Cl2N4O2. The fraction of sp³-hybridized carbons (Fsp3) is 0.882. The fourth-order valence-electron chi connectivity index (χ4n) is 3.35. The predicted molar refractivity (Wildman–Crippen MR) is 105 cm³/mol. The van der Waals surface area contributed by atoms with Crippen LogP contribution in [0.25, 0.3) is 0 Å². The minimum absolute atomic E-state index is 0. The van der Waals surface area contributed by atoms with Gasteiger partial charge in [-0.05, 0) is 32.2 Å². The highest BCUT2D eigenvalue weighted by molar-refractivity contribution is 5.85. The number of hydrogen-bond acceptors (Lipinski definition) is 4. The van der Waals surface area contributed by atoms with Gasteiger partial charge >= 0.3 is 0 Å². The van der Waals surface area contributed by atoms with Gasteiger partial charge < -0.3 is 15.5 Å². The Balaban J connectivity index is 0.00000288. The molecule has 2 fully saturated rings. The highest BCUT2D eigenvalue weighted by atomic mass is 35.5. The number of carbonyl (C=O) groups excluding carboxylic acids is 2. The van der Waals surface area contributed by atoms with Crippen LogP contribution in [0.5, 0.6) is 0 Å². The van der Waals surface area contributed by atoms with Gasteiger partial charge in [0.2, 0.25) is 11.8 Å². The van der Waals surface area contributed by atoms with Crippen molar-refractivity contribution >= 4 is 36.6 Å². The van der Waals surface area contributed by atoms with Gasteiger partial charge in [-0.15, -0.1) is 24.8 Å². The maximum absolute atomic E-state index is 12.2. The zero-order valence-electron chi connectivity index (χ0n) is 15.2. The van der Waals surface area contributed by atoms with E-state index in [4.69, 9.17) is 5.73 Å². The van der Waals surface area contributed by atoms with Gasteiger partial charge in [0.1, 0.15) is 0 Å². The average Bonchev–Trinajstić information content (AvgIpc) is 3.10. The van der Waals surface area contributed by atoms with E-state index in [1.165, 1.54) is 0 Å². The fourth-order valence-corrected chi connectivity index (χ4v) is 3.35. The monoisotopic (exact) mass is 396 g/mol. The van der Waals surface area contributed by atoms with Gasteiger partial charge in [0.05, 0.1) is 6.54 Å². The molecule has 148 valence electrons. The molecule has 0 aromatic rings. The Labute approximate surface area is 164 Å². The standard InChI is InChI=1S/C17H32N4O2.2ClH/c18-8-4-2-1-3-7-16(22)21-13-11-19(12-14-21)15-17(23)20-9-5-6-10-20;;/h1-15,18H2;2*1H. The number of unbranched alkanes of at least 4 members (excludes halogenated alkanes) is 3. The van der Waals surface area contributed by atoms with E-state index in [0.29, 0.717) is 13.0 Å². The Morgan fingerprint density at radius 3 is 1.88 bits per heavy atom. The van der Waals surface area contributed by atoms with Gasteiger partial charge in [-0.3, -0.25) is 14.5 Å². The van der Waals surface area contributed by atoms with E-state index >= 15 is 0 Å². The third kappa shape index (κ3) is 8.58. The van der Waals surface area contributed by atoms with Crippen LogP contribution in [-0.4, -0.2) is 78.9 Å². The number of halogens is 2. The normalized spacial score (nSPS) is 17.8. The summed E-state index contributed by atoms with van der Waals surface area (Å²) < 4.78 is 0. The summed E-state index contributed by atoms with van der Waals surface area (Å²) in [4.78, 5) is 30.4. The van der Waals surface area contributed by atoms with E-state index in [1.54, 1.807) is 0 Å². The lowest BCUT2D eigenvalue weighted by atomic mass is 10.1. The van der Waals surface area contributed by atoms with Gasteiger partial charge in [-0.25, -0.2) is 0 Å². The van der Waals surface area contributed by atoms with Gasteiger partial charge in [0.25, 0.3) is 0 Å². The molecule has 2 aliphatic rings. The van der Waals surface area contributed by atoms with Crippen molar-refractivity contribution in [2.75, 3.05) is 52.4 Å². The lowest BCUT2D eigenvalue weighted by Crippen LogP contribution is -2.51. The maximum atomic E-state index is 12.2. The summed E-state index contributed by atoms with van der Waals surface area (Å²) in [7, 11) is 0. The molecule has 2 heterocycles. The van der Waals surface area contributed by atoms with Crippen molar-refractivity contribution in [3.8, 4) is 0 Å². The molecule has 8 heteroatoms. The second kappa shape index (κ2) is 13.6. The molecule has 25 heavy (non-hydrogen) atoms. The summed E-state index contributed by atoms with van der Waals surface area (Å²) in [6, 6.07) is 0. The van der Waals surface area contributed by atoms with E-state index in [1.807, 2.05) is 9.80 Å². The third-order valence-electron chi connectivity index (χ3n) is 4.89. The Hall–Kier alpha value is -0.560. The molecule has 2 rings (SSSR count). The number of piperazine rings is 1. The largest absolute Gasteiger partial charge is 0.342 e. The van der Waals surface area contributed by atoms with E-state index in [9.17, 15) is 9.59 Å². The van der Waals surface area contributed by atoms with Crippen molar-refractivity contribution < 1.29 is 9.59 Å². The lowest BCUT2D eigenvalue weighted by Gasteiger charge is -2.35. The average molecular weight is 397 g/mol. The van der Waals surface area contributed by atoms with Crippen LogP contribution in [0.15, 0.2) is 0 Å². The van der Waals surface area contributed by atoms with Gasteiger partial charge in [0.15, 0.2) is 0 Å². The quantitative estimate of drug-likeness (QED) is 0.631. The Morgan fingerprint density at radius 1 is 0.720 bits per heavy atom. The number of likely N-dealkylation sites (tertiary alicyclic amines) is 1. The van der Waals surface area contributed by atoms with Crippen LogP contribution in [0.4, 0.5) is 0 Å². The summed E-state index contributed by atoms with van der Waals surface area (Å²) >= 11 is 0. The zero-order valence-corrected chi connectivity index (χ0v) is 16.8. The number of nitrogens with zero attached hydrogens (tertiary/aromatic N) is 3. The first-order valence-corrected chi connectivity index (χ1v) is 9.18. The van der Waals surface area contributed by atoms with Crippen molar-refractivity contribution in [3.63, 3.8) is 0 Å². The van der Waals surface area contributed by atoms with E-state index in [0.717, 1.165) is 84.3 Å². The molecule has 0 unspecified atom stereocenters. The number of rotatable bonds is 8. The number of hydrogen-bond donors (Lipinski definition) is 1. The van der Waals surface area contributed by atoms with Crippen molar-refractivity contribution in [1.82, 2.24) is 14.7 Å². The Kier molecular flexibility index (Phi) is 13.3. The van der Waals surface area contributed by atoms with Crippen LogP contribution in [0.3, 0.4) is 0 Å². The van der Waals surface area contributed by atoms with Crippen LogP contribution in [0.2, 0.25) is 0 Å². The minimum Gasteiger partial charge on any atom is -0.342 e. The topological polar surface area (TPSA) is 69.9 Å². The number of nitrogens with two attached hydrogens (primary N) is 1. The van der Waals surface area contributed by atoms with Crippen LogP contribution >= 0.6 is 24.8 Å². The second-order valence-electron chi connectivity index (χ2n) is 6.70. The van der Waals surface area contributed by atoms with Crippen LogP contribution in [0.1, 0.15) is 44.9 Å². The zero-order chi connectivity index (χ0) is 16.5. The Bertz CT molecular complexity index is 385. The van der Waals surface area contributed by atoms with Gasteiger partial charge in [0, 0.05) is 45.7 Å². The molecule has 0 saturated carbocycles. The second-order valence-corrected chi connectivity index (χ2v) is 6.70. The molecule has 0 atom stereocenters. The summed E-state index contributed by atoms with van der Waals surface area (Å²) in [6.07, 6.45) is 7.16. The van der Waals surface area contributed by atoms with Gasteiger partial charge in [-0.2, -0.15) is 0 Å². The van der Waals surface area contributed by atoms with Crippen molar-refractivity contribution in [1.29, 1.82) is 0 Å². The first kappa shape index (κ1) is 24.4. The first-order chi connectivity index (χ1) is 11.2. The van der Waals surface area contributed by atoms with Crippen molar-refractivity contribution in [2.24, 2.45) is 5.73 Å². The molecular weight excluding hydrogens is 363 g/mol. The minimum atomic E-state index is 0. The molecule has 0 spiro atoms. The first-order valence-electron chi connectivity index (χ1n) is 9.18. The molecule has 0 radical (unpaired) electrons. The number of carbonyl (C=O) groups is 2. The summed E-state index contributed by atoms with van der Waals surface area (Å²) in [6.45, 7) is 6.25. The third-order valence-corrected chi connectivity index (χ3v) is 4.89. The van der Waals surface area contributed by atoms with E-state index in [-0.39, 0.29) is 36.6 Å². The molecule has 0 aromatic heterocycles. The van der Waals surface area contributed by atoms with Crippen LogP contribution < -0.4 is 5.73 Å². The highest BCUT2D eigenvalue weighted by Gasteiger charge is 2.24. The molecule has 0 bridgehead atoms. The summed E-state index contributed by atoms with van der Waals surface area (Å²) in [5, 5.41) is 0. The molecule has 2 N–H and O–H groups in total. The smallest absolute Gasteiger partial charge is 0.236 e. The molecule has 0 aliphatic carbocycles. The Morgan fingerprint density at radius 2 is 1.28 bits per heavy atom. The molecule has 2 saturated heterocycles. The summed E-state index contributed by atoms with van der Waals surface area (Å²) in [5.74, 6) is 0.519. The van der Waals surface area contributed by atoms with Crippen molar-refractivity contribution in [3.05, 3.63) is 0 Å². The lowest BCUT2D eigenvalue weighted by molar-refractivity contribution is -0.134. The van der Waals surface area contributed by atoms with Crippen LogP contribution in [-0.2, 0) is 9.59 Å². The molecule has 2 aliphatic heterocycles. The maximum Gasteiger partial charge on any atom is 0.236 e.